The van der Waals surface area contributed by atoms with Crippen LogP contribution in [0.1, 0.15) is 23.6 Å². The number of aliphatic imine (C=N–C) groups is 2. The Morgan fingerprint density at radius 2 is 1.04 bits per heavy atom. The fourth-order valence-electron chi connectivity index (χ4n) is 7.17. The number of amidine groups is 1. The number of hydrogen-bond acceptors (Lipinski definition) is 3. The molecule has 2 aromatic heterocycles. The number of fused-ring (bicyclic) bond motifs is 3. The summed E-state index contributed by atoms with van der Waals surface area (Å²) in [6.07, 6.45) is 0. The van der Waals surface area contributed by atoms with Crippen molar-refractivity contribution in [3.63, 3.8) is 0 Å². The summed E-state index contributed by atoms with van der Waals surface area (Å²) >= 11 is 1.81. The number of thiophene rings is 1. The summed E-state index contributed by atoms with van der Waals surface area (Å²) in [6.45, 7) is 6.32. The molecule has 0 radical (unpaired) electrons. The first-order valence-electron chi connectivity index (χ1n) is 18.7. The minimum atomic E-state index is 0.620. The maximum absolute atomic E-state index is 5.31. The largest absolute Gasteiger partial charge is 0.246 e. The van der Waals surface area contributed by atoms with Crippen LogP contribution in [0.4, 0.5) is 0 Å². The maximum atomic E-state index is 5.31. The number of nitrogens with zero attached hydrogens (tertiary/aromatic N) is 3. The number of rotatable bonds is 8. The van der Waals surface area contributed by atoms with Gasteiger partial charge in [-0.2, -0.15) is 0 Å². The zero-order valence-electron chi connectivity index (χ0n) is 30.9. The molecule has 0 unspecified atom stereocenters. The quantitative estimate of drug-likeness (QED) is 0.113. The summed E-state index contributed by atoms with van der Waals surface area (Å²) in [5, 5.41) is 1.18. The van der Waals surface area contributed by atoms with E-state index >= 15 is 0 Å². The second-order valence-corrected chi connectivity index (χ2v) is 14.8. The molecule has 2 heterocycles. The molecule has 3 nitrogen and oxygen atoms in total. The van der Waals surface area contributed by atoms with E-state index in [-0.39, 0.29) is 0 Å². The van der Waals surface area contributed by atoms with Crippen LogP contribution < -0.4 is 0 Å². The van der Waals surface area contributed by atoms with Crippen molar-refractivity contribution in [3.05, 3.63) is 217 Å². The van der Waals surface area contributed by atoms with Gasteiger partial charge in [-0.1, -0.05) is 189 Å². The molecular weight excluding hydrogens is 699 g/mol. The van der Waals surface area contributed by atoms with Gasteiger partial charge in [-0.25, -0.2) is 15.0 Å². The third-order valence-corrected chi connectivity index (χ3v) is 11.3. The van der Waals surface area contributed by atoms with Gasteiger partial charge in [-0.3, -0.25) is 0 Å². The van der Waals surface area contributed by atoms with Gasteiger partial charge in [0, 0.05) is 38.1 Å². The Balaban J connectivity index is 1.09. The SMILES string of the molecule is C=C(N=C(N=C(C)c1ccccc1-c1ccc(-c2cc(-c3ccc(-c4ccccc4)cc3)c3sc4ccccc4c3n2)cc1)c1ccccc1)c1ccccc1. The summed E-state index contributed by atoms with van der Waals surface area (Å²) < 4.78 is 2.44. The molecule has 0 bridgehead atoms. The van der Waals surface area contributed by atoms with E-state index in [1.54, 1.807) is 0 Å². The molecule has 9 rings (SSSR count). The molecule has 0 spiro atoms. The molecule has 56 heavy (non-hydrogen) atoms. The highest BCUT2D eigenvalue weighted by Gasteiger charge is 2.16. The van der Waals surface area contributed by atoms with Crippen molar-refractivity contribution in [2.75, 3.05) is 0 Å². The van der Waals surface area contributed by atoms with Crippen LogP contribution >= 0.6 is 11.3 Å². The first-order chi connectivity index (χ1) is 27.6. The van der Waals surface area contributed by atoms with Gasteiger partial charge in [0.05, 0.1) is 21.6 Å². The first-order valence-corrected chi connectivity index (χ1v) is 19.5. The van der Waals surface area contributed by atoms with Crippen LogP contribution in [0.2, 0.25) is 0 Å². The van der Waals surface area contributed by atoms with Gasteiger partial charge < -0.3 is 0 Å². The van der Waals surface area contributed by atoms with E-state index in [1.807, 2.05) is 72.0 Å². The van der Waals surface area contributed by atoms with Crippen LogP contribution in [0.25, 0.3) is 70.6 Å². The van der Waals surface area contributed by atoms with Gasteiger partial charge in [0.2, 0.25) is 0 Å². The van der Waals surface area contributed by atoms with E-state index in [2.05, 4.69) is 147 Å². The van der Waals surface area contributed by atoms with Crippen molar-refractivity contribution in [2.24, 2.45) is 9.98 Å². The monoisotopic (exact) mass is 735 g/mol. The first kappa shape index (κ1) is 34.7. The lowest BCUT2D eigenvalue weighted by Crippen LogP contribution is -2.05. The Morgan fingerprint density at radius 1 is 0.500 bits per heavy atom. The normalized spacial score (nSPS) is 11.9. The summed E-state index contributed by atoms with van der Waals surface area (Å²) in [4.78, 5) is 15.4. The van der Waals surface area contributed by atoms with Crippen molar-refractivity contribution in [1.29, 1.82) is 0 Å². The molecule has 9 aromatic rings. The van der Waals surface area contributed by atoms with Crippen LogP contribution in [0, 0.1) is 0 Å². The lowest BCUT2D eigenvalue weighted by atomic mass is 9.95. The molecular formula is C52H37N3S. The second kappa shape index (κ2) is 15.4. The predicted octanol–water partition coefficient (Wildman–Crippen LogP) is 14.0. The molecule has 4 heteroatoms. The molecule has 266 valence electrons. The van der Waals surface area contributed by atoms with Crippen LogP contribution in [-0.2, 0) is 0 Å². The molecule has 0 atom stereocenters. The maximum Gasteiger partial charge on any atom is 0.160 e. The Kier molecular flexibility index (Phi) is 9.54. The van der Waals surface area contributed by atoms with E-state index in [4.69, 9.17) is 15.0 Å². The number of pyridine rings is 1. The Hall–Kier alpha value is -7.01. The van der Waals surface area contributed by atoms with Gasteiger partial charge in [0.25, 0.3) is 0 Å². The second-order valence-electron chi connectivity index (χ2n) is 13.7. The van der Waals surface area contributed by atoms with Gasteiger partial charge >= 0.3 is 0 Å². The summed E-state index contributed by atoms with van der Waals surface area (Å²) in [5.41, 5.74) is 14.5. The molecule has 0 aliphatic rings. The van der Waals surface area contributed by atoms with Crippen LogP contribution in [0.5, 0.6) is 0 Å². The van der Waals surface area contributed by atoms with Crippen LogP contribution in [-0.4, -0.2) is 16.5 Å². The lowest BCUT2D eigenvalue weighted by molar-refractivity contribution is 1.41. The minimum absolute atomic E-state index is 0.620. The number of hydrogen-bond donors (Lipinski definition) is 0. The van der Waals surface area contributed by atoms with Crippen LogP contribution in [0.3, 0.4) is 0 Å². The molecule has 0 aliphatic carbocycles. The standard InChI is InChI=1S/C52H37N3S/c1-35(37-16-6-3-7-17-37)53-52(43-20-10-5-11-21-43)54-36(2)44-22-12-13-23-45(44)40-30-32-42(33-31-40)48-34-47(51-50(55-48)46-24-14-15-25-49(46)56-51)41-28-26-39(27-29-41)38-18-8-4-9-19-38/h3-34H,1H2,2H3. The smallest absolute Gasteiger partial charge is 0.160 e. The fraction of sp³-hybridized carbons (Fsp3) is 0.0192. The zero-order chi connectivity index (χ0) is 37.8. The Morgan fingerprint density at radius 3 is 1.75 bits per heavy atom. The summed E-state index contributed by atoms with van der Waals surface area (Å²) in [5.74, 6) is 0.620. The highest BCUT2D eigenvalue weighted by molar-refractivity contribution is 7.26. The molecule has 0 saturated heterocycles. The van der Waals surface area contributed by atoms with Gasteiger partial charge in [0.15, 0.2) is 5.84 Å². The molecule has 0 fully saturated rings. The van der Waals surface area contributed by atoms with E-state index in [9.17, 15) is 0 Å². The van der Waals surface area contributed by atoms with Gasteiger partial charge in [-0.15, -0.1) is 11.3 Å². The van der Waals surface area contributed by atoms with Crippen molar-refractivity contribution < 1.29 is 0 Å². The third-order valence-electron chi connectivity index (χ3n) is 10.1. The highest BCUT2D eigenvalue weighted by atomic mass is 32.1. The number of benzene rings is 7. The number of aromatic nitrogens is 1. The summed E-state index contributed by atoms with van der Waals surface area (Å²) in [6, 6.07) is 67.6. The van der Waals surface area contributed by atoms with E-state index in [0.29, 0.717) is 11.5 Å². The minimum Gasteiger partial charge on any atom is -0.246 e. The van der Waals surface area contributed by atoms with E-state index in [1.165, 1.54) is 37.0 Å². The fourth-order valence-corrected chi connectivity index (χ4v) is 8.35. The Bertz CT molecular complexity index is 2890. The van der Waals surface area contributed by atoms with Crippen molar-refractivity contribution in [1.82, 2.24) is 4.98 Å². The zero-order valence-corrected chi connectivity index (χ0v) is 31.7. The van der Waals surface area contributed by atoms with E-state index < -0.39 is 0 Å². The molecule has 0 amide bonds. The van der Waals surface area contributed by atoms with Crippen molar-refractivity contribution in [2.45, 2.75) is 6.92 Å². The average molecular weight is 736 g/mol. The van der Waals surface area contributed by atoms with Gasteiger partial charge in [0.1, 0.15) is 0 Å². The molecule has 0 saturated carbocycles. The summed E-state index contributed by atoms with van der Waals surface area (Å²) in [7, 11) is 0. The van der Waals surface area contributed by atoms with Crippen molar-refractivity contribution >= 4 is 48.9 Å². The lowest BCUT2D eigenvalue weighted by Gasteiger charge is -2.12. The predicted molar refractivity (Wildman–Crippen MR) is 240 cm³/mol. The molecule has 0 aliphatic heterocycles. The topological polar surface area (TPSA) is 37.6 Å². The van der Waals surface area contributed by atoms with Gasteiger partial charge in [-0.05, 0) is 52.4 Å². The highest BCUT2D eigenvalue weighted by Crippen LogP contribution is 2.41. The average Bonchev–Trinajstić information content (AvgIpc) is 3.65. The van der Waals surface area contributed by atoms with Crippen molar-refractivity contribution in [3.8, 4) is 44.6 Å². The molecule has 7 aromatic carbocycles. The van der Waals surface area contributed by atoms with Crippen LogP contribution in [0.15, 0.2) is 211 Å². The van der Waals surface area contributed by atoms with E-state index in [0.717, 1.165) is 50.3 Å². The Labute approximate surface area is 331 Å². The molecule has 0 N–H and O–H groups in total. The third kappa shape index (κ3) is 7.02.